The molecule has 0 unspecified atom stereocenters. The normalized spacial score (nSPS) is 12.7. The van der Waals surface area contributed by atoms with Crippen LogP contribution in [0.4, 0.5) is 5.69 Å². The zero-order valence-electron chi connectivity index (χ0n) is 12.1. The highest BCUT2D eigenvalue weighted by atomic mass is 16.4. The number of aromatic hydroxyl groups is 1. The number of nitrogens with zero attached hydrogens (tertiary/aromatic N) is 1. The van der Waals surface area contributed by atoms with Crippen molar-refractivity contribution in [1.82, 2.24) is 4.98 Å². The van der Waals surface area contributed by atoms with Gasteiger partial charge in [-0.15, -0.1) is 0 Å². The molecule has 0 amide bonds. The Hall–Kier alpha value is -3.12. The zero-order valence-corrected chi connectivity index (χ0v) is 12.1. The highest BCUT2D eigenvalue weighted by Crippen LogP contribution is 2.26. The number of benzene rings is 2. The van der Waals surface area contributed by atoms with Gasteiger partial charge < -0.3 is 20.9 Å². The molecule has 1 heterocycles. The summed E-state index contributed by atoms with van der Waals surface area (Å²) in [7, 11) is 0. The average molecular weight is 309 g/mol. The number of aromatic amines is 1. The van der Waals surface area contributed by atoms with Crippen molar-refractivity contribution in [3.05, 3.63) is 59.7 Å². The van der Waals surface area contributed by atoms with E-state index >= 15 is 0 Å². The van der Waals surface area contributed by atoms with E-state index in [1.165, 1.54) is 0 Å². The van der Waals surface area contributed by atoms with E-state index in [-0.39, 0.29) is 5.88 Å². The molecule has 0 saturated heterocycles. The third-order valence-corrected chi connectivity index (χ3v) is 3.56. The highest BCUT2D eigenvalue weighted by molar-refractivity contribution is 6.02. The molecule has 0 bridgehead atoms. The number of hydrogen-bond donors (Lipinski definition) is 4. The Morgan fingerprint density at radius 2 is 2.00 bits per heavy atom. The summed E-state index contributed by atoms with van der Waals surface area (Å²) in [5.74, 6) is -1.06. The minimum absolute atomic E-state index is 0.0355. The second-order valence-electron chi connectivity index (χ2n) is 5.10. The average Bonchev–Trinajstić information content (AvgIpc) is 2.87. The molecule has 1 aromatic heterocycles. The highest BCUT2D eigenvalue weighted by Gasteiger charge is 2.14. The van der Waals surface area contributed by atoms with Crippen LogP contribution in [-0.2, 0) is 4.79 Å². The number of carbonyl (C=O) groups is 1. The standard InChI is InChI=1S/C17H15N3O3/c18-15(17(22)23)10-4-3-5-11(8-10)19-9-13-12-6-1-2-7-14(12)20-16(13)21/h1-9,15,20-21H,18H2,(H,22,23)/t15-/m0/s1. The lowest BCUT2D eigenvalue weighted by molar-refractivity contribution is -0.138. The lowest BCUT2D eigenvalue weighted by Gasteiger charge is -2.06. The SMILES string of the molecule is N[C@H](C(=O)O)c1cccc(N=Cc2c(O)[nH]c3ccccc23)c1. The number of rotatable bonds is 4. The third kappa shape index (κ3) is 2.93. The van der Waals surface area contributed by atoms with Gasteiger partial charge >= 0.3 is 5.97 Å². The van der Waals surface area contributed by atoms with Gasteiger partial charge in [0.25, 0.3) is 0 Å². The lowest BCUT2D eigenvalue weighted by atomic mass is 10.1. The molecule has 0 aliphatic carbocycles. The van der Waals surface area contributed by atoms with Crippen LogP contribution in [0.2, 0.25) is 0 Å². The first-order valence-electron chi connectivity index (χ1n) is 6.98. The molecule has 3 aromatic rings. The van der Waals surface area contributed by atoms with Crippen LogP contribution in [0.15, 0.2) is 53.5 Å². The van der Waals surface area contributed by atoms with E-state index in [0.717, 1.165) is 10.9 Å². The molecule has 0 aliphatic rings. The van der Waals surface area contributed by atoms with Gasteiger partial charge in [0.05, 0.1) is 11.3 Å². The molecule has 5 N–H and O–H groups in total. The van der Waals surface area contributed by atoms with Crippen LogP contribution in [-0.4, -0.2) is 27.4 Å². The molecule has 0 saturated carbocycles. The van der Waals surface area contributed by atoms with Gasteiger partial charge in [-0.3, -0.25) is 9.79 Å². The largest absolute Gasteiger partial charge is 0.494 e. The van der Waals surface area contributed by atoms with Gasteiger partial charge in [0, 0.05) is 17.1 Å². The molecular weight excluding hydrogens is 294 g/mol. The molecule has 6 nitrogen and oxygen atoms in total. The first kappa shape index (κ1) is 14.8. The first-order valence-corrected chi connectivity index (χ1v) is 6.98. The van der Waals surface area contributed by atoms with Crippen LogP contribution >= 0.6 is 0 Å². The predicted molar refractivity (Wildman–Crippen MR) is 88.2 cm³/mol. The van der Waals surface area contributed by atoms with Gasteiger partial charge in [-0.05, 0) is 23.8 Å². The Kier molecular flexibility index (Phi) is 3.82. The number of hydrogen-bond acceptors (Lipinski definition) is 4. The molecule has 116 valence electrons. The number of para-hydroxylation sites is 1. The zero-order chi connectivity index (χ0) is 16.4. The summed E-state index contributed by atoms with van der Waals surface area (Å²) in [5.41, 5.74) is 8.02. The van der Waals surface area contributed by atoms with Crippen molar-refractivity contribution in [1.29, 1.82) is 0 Å². The number of aliphatic imine (C=N–C) groups is 1. The van der Waals surface area contributed by atoms with Crippen molar-refractivity contribution in [3.8, 4) is 5.88 Å². The van der Waals surface area contributed by atoms with Gasteiger partial charge in [-0.2, -0.15) is 0 Å². The van der Waals surface area contributed by atoms with Crippen LogP contribution in [0.25, 0.3) is 10.9 Å². The number of nitrogens with one attached hydrogen (secondary N) is 1. The Morgan fingerprint density at radius 1 is 1.22 bits per heavy atom. The number of H-pyrrole nitrogens is 1. The molecule has 0 fully saturated rings. The summed E-state index contributed by atoms with van der Waals surface area (Å²) in [4.78, 5) is 18.1. The van der Waals surface area contributed by atoms with Crippen molar-refractivity contribution < 1.29 is 15.0 Å². The molecule has 0 spiro atoms. The van der Waals surface area contributed by atoms with Crippen molar-refractivity contribution in [2.24, 2.45) is 10.7 Å². The van der Waals surface area contributed by atoms with Crippen LogP contribution < -0.4 is 5.73 Å². The van der Waals surface area contributed by atoms with E-state index in [1.807, 2.05) is 24.3 Å². The van der Waals surface area contributed by atoms with Crippen molar-refractivity contribution >= 4 is 28.8 Å². The van der Waals surface area contributed by atoms with Crippen LogP contribution in [0.5, 0.6) is 5.88 Å². The molecular formula is C17H15N3O3. The molecule has 0 radical (unpaired) electrons. The van der Waals surface area contributed by atoms with Crippen LogP contribution in [0.3, 0.4) is 0 Å². The van der Waals surface area contributed by atoms with E-state index < -0.39 is 12.0 Å². The number of fused-ring (bicyclic) bond motifs is 1. The molecule has 0 aliphatic heterocycles. The summed E-state index contributed by atoms with van der Waals surface area (Å²) in [6, 6.07) is 13.1. The fourth-order valence-electron chi connectivity index (χ4n) is 2.36. The molecule has 6 heteroatoms. The predicted octanol–water partition coefficient (Wildman–Crippen LogP) is 2.71. The second kappa shape index (κ2) is 5.94. The second-order valence-corrected chi connectivity index (χ2v) is 5.10. The maximum atomic E-state index is 10.9. The fraction of sp³-hybridized carbons (Fsp3) is 0.0588. The van der Waals surface area contributed by atoms with Gasteiger partial charge in [-0.1, -0.05) is 30.3 Å². The van der Waals surface area contributed by atoms with Crippen molar-refractivity contribution in [3.63, 3.8) is 0 Å². The smallest absolute Gasteiger partial charge is 0.325 e. The monoisotopic (exact) mass is 309 g/mol. The Labute approximate surface area is 131 Å². The minimum Gasteiger partial charge on any atom is -0.494 e. The Bertz CT molecular complexity index is 899. The summed E-state index contributed by atoms with van der Waals surface area (Å²) in [5, 5.41) is 19.8. The number of carboxylic acids is 1. The quantitative estimate of drug-likeness (QED) is 0.555. The summed E-state index contributed by atoms with van der Waals surface area (Å²) >= 11 is 0. The molecule has 3 rings (SSSR count). The van der Waals surface area contributed by atoms with Crippen molar-refractivity contribution in [2.75, 3.05) is 0 Å². The molecule has 1 atom stereocenters. The third-order valence-electron chi connectivity index (χ3n) is 3.56. The first-order chi connectivity index (χ1) is 11.1. The maximum Gasteiger partial charge on any atom is 0.325 e. The number of aliphatic carboxylic acids is 1. The number of carboxylic acid groups (broad SMARTS) is 1. The van der Waals surface area contributed by atoms with Crippen LogP contribution in [0, 0.1) is 0 Å². The van der Waals surface area contributed by atoms with E-state index in [1.54, 1.807) is 30.5 Å². The molecule has 2 aromatic carbocycles. The van der Waals surface area contributed by atoms with Gasteiger partial charge in [0.15, 0.2) is 5.88 Å². The summed E-state index contributed by atoms with van der Waals surface area (Å²) in [6.45, 7) is 0. The topological polar surface area (TPSA) is 112 Å². The van der Waals surface area contributed by atoms with Gasteiger partial charge in [0.1, 0.15) is 6.04 Å². The number of aromatic nitrogens is 1. The lowest BCUT2D eigenvalue weighted by Crippen LogP contribution is -2.20. The fourth-order valence-corrected chi connectivity index (χ4v) is 2.36. The summed E-state index contributed by atoms with van der Waals surface area (Å²) in [6.07, 6.45) is 1.54. The Balaban J connectivity index is 1.95. The maximum absolute atomic E-state index is 10.9. The minimum atomic E-state index is -1.10. The van der Waals surface area contributed by atoms with E-state index in [4.69, 9.17) is 10.8 Å². The van der Waals surface area contributed by atoms with Gasteiger partial charge in [0.2, 0.25) is 0 Å². The van der Waals surface area contributed by atoms with Gasteiger partial charge in [-0.25, -0.2) is 0 Å². The Morgan fingerprint density at radius 3 is 2.78 bits per heavy atom. The summed E-state index contributed by atoms with van der Waals surface area (Å²) < 4.78 is 0. The van der Waals surface area contributed by atoms with Crippen LogP contribution in [0.1, 0.15) is 17.2 Å². The number of nitrogens with two attached hydrogens (primary N) is 1. The van der Waals surface area contributed by atoms with E-state index in [0.29, 0.717) is 16.8 Å². The van der Waals surface area contributed by atoms with E-state index in [2.05, 4.69) is 9.98 Å². The van der Waals surface area contributed by atoms with E-state index in [9.17, 15) is 9.90 Å². The molecule has 23 heavy (non-hydrogen) atoms. The van der Waals surface area contributed by atoms with Crippen molar-refractivity contribution in [2.45, 2.75) is 6.04 Å².